The number of carbonyl (C=O) groups excluding carboxylic acids is 1. The predicted molar refractivity (Wildman–Crippen MR) is 79.6 cm³/mol. The summed E-state index contributed by atoms with van der Waals surface area (Å²) < 4.78 is 13.4. The minimum absolute atomic E-state index is 0.0683. The van der Waals surface area contributed by atoms with Crippen molar-refractivity contribution in [1.82, 2.24) is 5.32 Å². The molecule has 4 heteroatoms. The smallest absolute Gasteiger partial charge is 0.251 e. The van der Waals surface area contributed by atoms with E-state index in [9.17, 15) is 9.18 Å². The van der Waals surface area contributed by atoms with Gasteiger partial charge in [0.15, 0.2) is 0 Å². The van der Waals surface area contributed by atoms with E-state index in [4.69, 9.17) is 5.73 Å². The molecule has 0 aliphatic carbocycles. The molecule has 21 heavy (non-hydrogen) atoms. The highest BCUT2D eigenvalue weighted by Gasteiger charge is 2.19. The van der Waals surface area contributed by atoms with Crippen molar-refractivity contribution in [3.05, 3.63) is 70.0 Å². The number of hydrogen-bond acceptors (Lipinski definition) is 2. The van der Waals surface area contributed by atoms with Crippen molar-refractivity contribution < 1.29 is 9.18 Å². The monoisotopic (exact) mass is 284 g/mol. The highest BCUT2D eigenvalue weighted by atomic mass is 19.1. The lowest BCUT2D eigenvalue weighted by molar-refractivity contribution is 0.0946. The van der Waals surface area contributed by atoms with Gasteiger partial charge in [0.25, 0.3) is 5.91 Å². The lowest BCUT2D eigenvalue weighted by Gasteiger charge is -2.20. The summed E-state index contributed by atoms with van der Waals surface area (Å²) >= 11 is 0. The van der Waals surface area contributed by atoms with Crippen LogP contribution in [-0.4, -0.2) is 12.5 Å². The summed E-state index contributed by atoms with van der Waals surface area (Å²) in [5.74, 6) is -0.372. The van der Waals surface area contributed by atoms with Gasteiger partial charge in [-0.15, -0.1) is 0 Å². The number of nitrogens with one attached hydrogen (secondary N) is 1. The summed E-state index contributed by atoms with van der Waals surface area (Å²) in [5.41, 5.74) is 10.5. The van der Waals surface area contributed by atoms with Crippen LogP contribution in [0.1, 0.15) is 38.7 Å². The summed E-state index contributed by atoms with van der Waals surface area (Å²) in [6.07, 6.45) is 0.829. The number of nitrogens with two attached hydrogens (primary N) is 1. The van der Waals surface area contributed by atoms with E-state index >= 15 is 0 Å². The number of amides is 1. The van der Waals surface area contributed by atoms with E-state index in [0.717, 1.165) is 28.7 Å². The summed E-state index contributed by atoms with van der Waals surface area (Å²) in [6, 6.07) is 9.84. The Kier molecular flexibility index (Phi) is 3.47. The lowest BCUT2D eigenvalue weighted by atomic mass is 9.91. The van der Waals surface area contributed by atoms with Gasteiger partial charge in [-0.25, -0.2) is 4.39 Å². The van der Waals surface area contributed by atoms with Gasteiger partial charge in [-0.05, 0) is 53.8 Å². The molecule has 0 saturated heterocycles. The maximum Gasteiger partial charge on any atom is 0.251 e. The third-order valence-electron chi connectivity index (χ3n) is 3.99. The van der Waals surface area contributed by atoms with Gasteiger partial charge < -0.3 is 11.1 Å². The molecule has 0 saturated carbocycles. The summed E-state index contributed by atoms with van der Waals surface area (Å²) in [7, 11) is 0. The molecule has 1 aliphatic rings. The van der Waals surface area contributed by atoms with Crippen LogP contribution in [0.3, 0.4) is 0 Å². The quantitative estimate of drug-likeness (QED) is 0.890. The maximum atomic E-state index is 13.4. The van der Waals surface area contributed by atoms with Gasteiger partial charge in [0.1, 0.15) is 5.82 Å². The van der Waals surface area contributed by atoms with Crippen molar-refractivity contribution in [2.75, 3.05) is 6.54 Å². The normalized spacial score (nSPS) is 15.3. The van der Waals surface area contributed by atoms with Crippen molar-refractivity contribution >= 4 is 5.91 Å². The second-order valence-corrected chi connectivity index (χ2v) is 5.40. The number of aryl methyl sites for hydroxylation is 1. The molecule has 3 nitrogen and oxygen atoms in total. The number of hydrogen-bond donors (Lipinski definition) is 2. The molecule has 3 rings (SSSR count). The average Bonchev–Trinajstić information content (AvgIpc) is 2.49. The van der Waals surface area contributed by atoms with Crippen molar-refractivity contribution in [3.8, 4) is 0 Å². The van der Waals surface area contributed by atoms with Crippen LogP contribution in [0.2, 0.25) is 0 Å². The van der Waals surface area contributed by atoms with Gasteiger partial charge in [-0.2, -0.15) is 0 Å². The number of halogens is 1. The Hall–Kier alpha value is -2.20. The first-order valence-corrected chi connectivity index (χ1v) is 6.99. The maximum absolute atomic E-state index is 13.4. The van der Waals surface area contributed by atoms with Crippen molar-refractivity contribution in [3.63, 3.8) is 0 Å². The molecule has 0 fully saturated rings. The van der Waals surface area contributed by atoms with Crippen LogP contribution >= 0.6 is 0 Å². The number of fused-ring (bicyclic) bond motifs is 1. The molecule has 1 heterocycles. The second-order valence-electron chi connectivity index (χ2n) is 5.40. The molecule has 0 spiro atoms. The second kappa shape index (κ2) is 5.30. The van der Waals surface area contributed by atoms with E-state index in [1.54, 1.807) is 6.07 Å². The van der Waals surface area contributed by atoms with E-state index in [2.05, 4.69) is 5.32 Å². The average molecular weight is 284 g/mol. The van der Waals surface area contributed by atoms with Crippen LogP contribution in [0.15, 0.2) is 36.4 Å². The number of rotatable bonds is 2. The highest BCUT2D eigenvalue weighted by molar-refractivity contribution is 5.96. The van der Waals surface area contributed by atoms with Crippen LogP contribution in [0.5, 0.6) is 0 Å². The zero-order valence-corrected chi connectivity index (χ0v) is 11.8. The van der Waals surface area contributed by atoms with E-state index in [-0.39, 0.29) is 11.7 Å². The van der Waals surface area contributed by atoms with E-state index in [1.807, 2.05) is 25.1 Å². The third kappa shape index (κ3) is 2.54. The summed E-state index contributed by atoms with van der Waals surface area (Å²) in [5, 5.41) is 2.82. The molecule has 1 atom stereocenters. The van der Waals surface area contributed by atoms with Gasteiger partial charge >= 0.3 is 0 Å². The molecule has 0 radical (unpaired) electrons. The molecule has 1 aliphatic heterocycles. The first-order chi connectivity index (χ1) is 10.1. The number of benzene rings is 2. The summed E-state index contributed by atoms with van der Waals surface area (Å²) in [6.45, 7) is 2.57. The Morgan fingerprint density at radius 3 is 2.86 bits per heavy atom. The van der Waals surface area contributed by atoms with Crippen LogP contribution in [0, 0.1) is 12.7 Å². The largest absolute Gasteiger partial charge is 0.352 e. The Morgan fingerprint density at radius 1 is 1.24 bits per heavy atom. The minimum atomic E-state index is -0.444. The van der Waals surface area contributed by atoms with Crippen molar-refractivity contribution in [1.29, 1.82) is 0 Å². The van der Waals surface area contributed by atoms with Crippen LogP contribution < -0.4 is 11.1 Å². The first kappa shape index (κ1) is 13.8. The Morgan fingerprint density at radius 2 is 2.05 bits per heavy atom. The van der Waals surface area contributed by atoms with Crippen LogP contribution in [0.4, 0.5) is 4.39 Å². The molecule has 2 aromatic carbocycles. The standard InChI is InChI=1S/C17H17FN2O/c1-10-2-5-13(18)9-14(10)16(19)12-4-3-11-6-7-20-17(21)15(11)8-12/h2-5,8-9,16H,6-7,19H2,1H3,(H,20,21). The molecule has 1 amide bonds. The summed E-state index contributed by atoms with van der Waals surface area (Å²) in [4.78, 5) is 11.9. The topological polar surface area (TPSA) is 55.1 Å². The molecule has 0 aromatic heterocycles. The van der Waals surface area contributed by atoms with Gasteiger partial charge in [0, 0.05) is 12.1 Å². The van der Waals surface area contributed by atoms with E-state index < -0.39 is 6.04 Å². The molecule has 1 unspecified atom stereocenters. The third-order valence-corrected chi connectivity index (χ3v) is 3.99. The van der Waals surface area contributed by atoms with Gasteiger partial charge in [0.05, 0.1) is 6.04 Å². The zero-order valence-electron chi connectivity index (χ0n) is 11.8. The Labute approximate surface area is 123 Å². The van der Waals surface area contributed by atoms with Crippen LogP contribution in [0.25, 0.3) is 0 Å². The molecular weight excluding hydrogens is 267 g/mol. The van der Waals surface area contributed by atoms with Crippen molar-refractivity contribution in [2.24, 2.45) is 5.73 Å². The molecule has 0 bridgehead atoms. The molecule has 2 aromatic rings. The lowest BCUT2D eigenvalue weighted by Crippen LogP contribution is -2.32. The van der Waals surface area contributed by atoms with Gasteiger partial charge in [-0.3, -0.25) is 4.79 Å². The molecule has 108 valence electrons. The highest BCUT2D eigenvalue weighted by Crippen LogP contribution is 2.26. The van der Waals surface area contributed by atoms with E-state index in [0.29, 0.717) is 12.1 Å². The SMILES string of the molecule is Cc1ccc(F)cc1C(N)c1ccc2c(c1)C(=O)NCC2. The fourth-order valence-corrected chi connectivity index (χ4v) is 2.75. The Bertz CT molecular complexity index is 712. The fourth-order valence-electron chi connectivity index (χ4n) is 2.75. The predicted octanol–water partition coefficient (Wildman–Crippen LogP) is 2.47. The Balaban J connectivity index is 2.02. The van der Waals surface area contributed by atoms with Crippen LogP contribution in [-0.2, 0) is 6.42 Å². The van der Waals surface area contributed by atoms with Crippen molar-refractivity contribution in [2.45, 2.75) is 19.4 Å². The number of carbonyl (C=O) groups is 1. The first-order valence-electron chi connectivity index (χ1n) is 6.99. The fraction of sp³-hybridized carbons (Fsp3) is 0.235. The van der Waals surface area contributed by atoms with Gasteiger partial charge in [-0.1, -0.05) is 18.2 Å². The zero-order chi connectivity index (χ0) is 15.0. The molecular formula is C17H17FN2O. The minimum Gasteiger partial charge on any atom is -0.352 e. The van der Waals surface area contributed by atoms with Gasteiger partial charge in [0.2, 0.25) is 0 Å². The molecule has 3 N–H and O–H groups in total. The van der Waals surface area contributed by atoms with E-state index in [1.165, 1.54) is 12.1 Å².